The van der Waals surface area contributed by atoms with Crippen molar-refractivity contribution in [2.45, 2.75) is 18.8 Å². The van der Waals surface area contributed by atoms with Gasteiger partial charge in [0.2, 0.25) is 0 Å². The van der Waals surface area contributed by atoms with Crippen LogP contribution in [0.1, 0.15) is 24.5 Å². The highest BCUT2D eigenvalue weighted by molar-refractivity contribution is 7.99. The van der Waals surface area contributed by atoms with Crippen LogP contribution in [0.4, 0.5) is 0 Å². The van der Waals surface area contributed by atoms with E-state index in [9.17, 15) is 0 Å². The monoisotopic (exact) mass is 248 g/mol. The average molecular weight is 248 g/mol. The molecule has 3 heterocycles. The molecule has 1 fully saturated rings. The van der Waals surface area contributed by atoms with E-state index in [1.165, 1.54) is 30.0 Å². The fourth-order valence-corrected chi connectivity index (χ4v) is 3.44. The summed E-state index contributed by atoms with van der Waals surface area (Å²) in [6, 6.07) is 3.97. The lowest BCUT2D eigenvalue weighted by Gasteiger charge is -2.18. The topological polar surface area (TPSA) is 26.5 Å². The van der Waals surface area contributed by atoms with Crippen LogP contribution < -0.4 is 4.74 Å². The molecule has 1 aliphatic heterocycles. The number of fused-ring (bicyclic) bond motifs is 1. The molecule has 0 bridgehead atoms. The molecule has 2 aromatic rings. The molecule has 2 aromatic heterocycles. The Hall–Kier alpha value is -1.16. The fraction of sp³-hybridized carbons (Fsp3) is 0.462. The van der Waals surface area contributed by atoms with Crippen molar-refractivity contribution in [2.24, 2.45) is 0 Å². The molecule has 0 spiro atoms. The molecule has 3 nitrogen and oxygen atoms in total. The molecule has 0 N–H and O–H groups in total. The summed E-state index contributed by atoms with van der Waals surface area (Å²) < 4.78 is 7.29. The number of hydrogen-bond donors (Lipinski definition) is 0. The maximum atomic E-state index is 5.22. The highest BCUT2D eigenvalue weighted by Gasteiger charge is 2.18. The first-order valence-electron chi connectivity index (χ1n) is 5.97. The molecule has 1 aliphatic rings. The van der Waals surface area contributed by atoms with Gasteiger partial charge in [-0.2, -0.15) is 11.8 Å². The number of hydrogen-bond acceptors (Lipinski definition) is 3. The van der Waals surface area contributed by atoms with Gasteiger partial charge < -0.3 is 9.14 Å². The first kappa shape index (κ1) is 11.0. The van der Waals surface area contributed by atoms with Gasteiger partial charge in [-0.25, -0.2) is 4.98 Å². The number of imidazole rings is 1. The number of rotatable bonds is 2. The number of nitrogens with zero attached hydrogens (tertiary/aromatic N) is 2. The Labute approximate surface area is 105 Å². The average Bonchev–Trinajstić information content (AvgIpc) is 2.82. The lowest BCUT2D eigenvalue weighted by Crippen LogP contribution is -2.08. The zero-order chi connectivity index (χ0) is 11.7. The van der Waals surface area contributed by atoms with E-state index in [4.69, 9.17) is 9.72 Å². The third-order valence-electron chi connectivity index (χ3n) is 3.26. The van der Waals surface area contributed by atoms with Crippen LogP contribution in [0.15, 0.2) is 24.5 Å². The van der Waals surface area contributed by atoms with Crippen LogP contribution in [-0.4, -0.2) is 28.0 Å². The first-order valence-corrected chi connectivity index (χ1v) is 7.12. The molecule has 1 saturated heterocycles. The molecule has 3 rings (SSSR count). The van der Waals surface area contributed by atoms with E-state index in [-0.39, 0.29) is 0 Å². The van der Waals surface area contributed by atoms with E-state index in [0.717, 1.165) is 11.4 Å². The van der Waals surface area contributed by atoms with Gasteiger partial charge in [0.05, 0.1) is 19.0 Å². The number of methoxy groups -OCH3 is 1. The summed E-state index contributed by atoms with van der Waals surface area (Å²) in [7, 11) is 1.69. The van der Waals surface area contributed by atoms with Gasteiger partial charge in [0.1, 0.15) is 11.4 Å². The molecular weight excluding hydrogens is 232 g/mol. The van der Waals surface area contributed by atoms with Gasteiger partial charge in [-0.15, -0.1) is 0 Å². The van der Waals surface area contributed by atoms with Crippen LogP contribution in [-0.2, 0) is 0 Å². The summed E-state index contributed by atoms with van der Waals surface area (Å²) >= 11 is 2.04. The van der Waals surface area contributed by atoms with E-state index in [1.54, 1.807) is 7.11 Å². The third kappa shape index (κ3) is 2.14. The van der Waals surface area contributed by atoms with Crippen LogP contribution in [0.2, 0.25) is 0 Å². The molecule has 0 aromatic carbocycles. The molecule has 0 radical (unpaired) electrons. The number of pyridine rings is 1. The van der Waals surface area contributed by atoms with Crippen molar-refractivity contribution in [1.82, 2.24) is 9.38 Å². The van der Waals surface area contributed by atoms with E-state index in [1.807, 2.05) is 30.1 Å². The summed E-state index contributed by atoms with van der Waals surface area (Å²) in [6.07, 6.45) is 6.72. The zero-order valence-electron chi connectivity index (χ0n) is 9.93. The van der Waals surface area contributed by atoms with Gasteiger partial charge in [0.25, 0.3) is 0 Å². The predicted molar refractivity (Wildman–Crippen MR) is 71.0 cm³/mol. The zero-order valence-corrected chi connectivity index (χ0v) is 10.7. The van der Waals surface area contributed by atoms with Gasteiger partial charge in [-0.05, 0) is 30.7 Å². The Balaban J connectivity index is 1.95. The van der Waals surface area contributed by atoms with Gasteiger partial charge in [-0.1, -0.05) is 0 Å². The molecule has 1 atom stereocenters. The van der Waals surface area contributed by atoms with Crippen molar-refractivity contribution in [1.29, 1.82) is 0 Å². The Bertz CT molecular complexity index is 517. The number of thioether (sulfide) groups is 1. The van der Waals surface area contributed by atoms with Crippen LogP contribution in [0.3, 0.4) is 0 Å². The quantitative estimate of drug-likeness (QED) is 0.817. The normalized spacial score (nSPS) is 20.6. The molecule has 17 heavy (non-hydrogen) atoms. The largest absolute Gasteiger partial charge is 0.495 e. The minimum atomic E-state index is 0.625. The molecular formula is C13H16N2OS. The minimum Gasteiger partial charge on any atom is -0.495 e. The SMILES string of the molecule is COc1ccc2nc(C3CCCSC3)cn2c1. The second-order valence-electron chi connectivity index (χ2n) is 4.41. The Morgan fingerprint density at radius 2 is 2.35 bits per heavy atom. The van der Waals surface area contributed by atoms with Crippen LogP contribution in [0.5, 0.6) is 5.75 Å². The predicted octanol–water partition coefficient (Wildman–Crippen LogP) is 2.95. The molecule has 4 heteroatoms. The van der Waals surface area contributed by atoms with Crippen LogP contribution in [0.25, 0.3) is 5.65 Å². The molecule has 1 unspecified atom stereocenters. The standard InChI is InChI=1S/C13H16N2OS/c1-16-11-4-5-13-14-12(8-15(13)7-11)10-3-2-6-17-9-10/h4-5,7-8,10H,2-3,6,9H2,1H3. The first-order chi connectivity index (χ1) is 8.36. The Morgan fingerprint density at radius 3 is 3.12 bits per heavy atom. The number of ether oxygens (including phenoxy) is 1. The van der Waals surface area contributed by atoms with E-state index in [0.29, 0.717) is 5.92 Å². The Morgan fingerprint density at radius 1 is 1.41 bits per heavy atom. The second kappa shape index (κ2) is 4.61. The van der Waals surface area contributed by atoms with E-state index < -0.39 is 0 Å². The van der Waals surface area contributed by atoms with E-state index >= 15 is 0 Å². The van der Waals surface area contributed by atoms with Crippen molar-refractivity contribution in [3.8, 4) is 5.75 Å². The summed E-state index contributed by atoms with van der Waals surface area (Å²) in [6.45, 7) is 0. The van der Waals surface area contributed by atoms with Crippen LogP contribution >= 0.6 is 11.8 Å². The maximum Gasteiger partial charge on any atom is 0.137 e. The Kier molecular flexibility index (Phi) is 2.97. The lowest BCUT2D eigenvalue weighted by molar-refractivity contribution is 0.412. The van der Waals surface area contributed by atoms with Crippen molar-refractivity contribution < 1.29 is 4.74 Å². The van der Waals surface area contributed by atoms with Crippen molar-refractivity contribution in [2.75, 3.05) is 18.6 Å². The smallest absolute Gasteiger partial charge is 0.137 e. The van der Waals surface area contributed by atoms with Crippen LogP contribution in [0, 0.1) is 0 Å². The highest BCUT2D eigenvalue weighted by atomic mass is 32.2. The fourth-order valence-electron chi connectivity index (χ4n) is 2.28. The summed E-state index contributed by atoms with van der Waals surface area (Å²) in [5.41, 5.74) is 2.24. The van der Waals surface area contributed by atoms with Crippen molar-refractivity contribution in [3.63, 3.8) is 0 Å². The van der Waals surface area contributed by atoms with Gasteiger partial charge >= 0.3 is 0 Å². The van der Waals surface area contributed by atoms with Gasteiger partial charge in [-0.3, -0.25) is 0 Å². The second-order valence-corrected chi connectivity index (χ2v) is 5.56. The molecule has 0 saturated carbocycles. The summed E-state index contributed by atoms with van der Waals surface area (Å²) in [5.74, 6) is 4.01. The van der Waals surface area contributed by atoms with E-state index in [2.05, 4.69) is 10.6 Å². The number of aromatic nitrogens is 2. The third-order valence-corrected chi connectivity index (χ3v) is 4.47. The summed E-state index contributed by atoms with van der Waals surface area (Å²) in [4.78, 5) is 4.71. The van der Waals surface area contributed by atoms with Gasteiger partial charge in [0.15, 0.2) is 0 Å². The highest BCUT2D eigenvalue weighted by Crippen LogP contribution is 2.30. The molecule has 0 aliphatic carbocycles. The minimum absolute atomic E-state index is 0.625. The maximum absolute atomic E-state index is 5.22. The molecule has 0 amide bonds. The van der Waals surface area contributed by atoms with Crippen molar-refractivity contribution >= 4 is 17.4 Å². The lowest BCUT2D eigenvalue weighted by atomic mass is 10.0. The van der Waals surface area contributed by atoms with Gasteiger partial charge in [0, 0.05) is 17.9 Å². The molecule has 90 valence electrons. The van der Waals surface area contributed by atoms with Crippen molar-refractivity contribution in [3.05, 3.63) is 30.2 Å². The summed E-state index contributed by atoms with van der Waals surface area (Å²) in [5, 5.41) is 0.